The fourth-order valence-corrected chi connectivity index (χ4v) is 2.14. The lowest BCUT2D eigenvalue weighted by Crippen LogP contribution is -2.22. The predicted octanol–water partition coefficient (Wildman–Crippen LogP) is 2.98. The summed E-state index contributed by atoms with van der Waals surface area (Å²) >= 11 is 0. The summed E-state index contributed by atoms with van der Waals surface area (Å²) in [7, 11) is 1.58. The van der Waals surface area contributed by atoms with E-state index in [4.69, 9.17) is 9.15 Å². The molecule has 0 unspecified atom stereocenters. The van der Waals surface area contributed by atoms with E-state index >= 15 is 0 Å². The Morgan fingerprint density at radius 3 is 2.46 bits per heavy atom. The van der Waals surface area contributed by atoms with Crippen LogP contribution in [-0.2, 0) is 6.54 Å². The Morgan fingerprint density at radius 1 is 1.08 bits per heavy atom. The van der Waals surface area contributed by atoms with Gasteiger partial charge in [-0.25, -0.2) is 0 Å². The zero-order valence-electron chi connectivity index (χ0n) is 13.4. The maximum absolute atomic E-state index is 12.1. The number of aryl methyl sites for hydroxylation is 1. The van der Waals surface area contributed by atoms with Crippen LogP contribution in [0.3, 0.4) is 0 Å². The number of amides is 1. The molecule has 0 aliphatic carbocycles. The largest absolute Gasteiger partial charge is 0.497 e. The number of carbonyl (C=O) groups is 1. The third-order valence-electron chi connectivity index (χ3n) is 3.52. The van der Waals surface area contributed by atoms with Gasteiger partial charge in [0.15, 0.2) is 0 Å². The number of rotatable bonds is 5. The Balaban J connectivity index is 1.62. The summed E-state index contributed by atoms with van der Waals surface area (Å²) in [6.45, 7) is 2.18. The van der Waals surface area contributed by atoms with Gasteiger partial charge in [-0.1, -0.05) is 17.7 Å². The van der Waals surface area contributed by atoms with Crippen molar-refractivity contribution in [3.8, 4) is 17.2 Å². The van der Waals surface area contributed by atoms with Crippen molar-refractivity contribution in [1.29, 1.82) is 0 Å². The minimum absolute atomic E-state index is 0.170. The third kappa shape index (κ3) is 3.60. The minimum Gasteiger partial charge on any atom is -0.497 e. The van der Waals surface area contributed by atoms with Crippen LogP contribution in [0.5, 0.6) is 5.75 Å². The molecule has 0 aliphatic heterocycles. The molecule has 3 rings (SSSR count). The zero-order valence-corrected chi connectivity index (χ0v) is 13.4. The zero-order chi connectivity index (χ0) is 16.9. The molecule has 6 heteroatoms. The van der Waals surface area contributed by atoms with Gasteiger partial charge in [0.1, 0.15) is 5.75 Å². The van der Waals surface area contributed by atoms with Crippen LogP contribution >= 0.6 is 0 Å². The number of ether oxygens (including phenoxy) is 1. The first kappa shape index (κ1) is 15.7. The molecule has 6 nitrogen and oxygen atoms in total. The summed E-state index contributed by atoms with van der Waals surface area (Å²) in [4.78, 5) is 12.1. The van der Waals surface area contributed by atoms with Gasteiger partial charge in [0, 0.05) is 11.1 Å². The SMILES string of the molecule is COc1ccc(C(=O)NCc2nnc(-c3ccc(C)cc3)o2)cc1. The summed E-state index contributed by atoms with van der Waals surface area (Å²) in [6, 6.07) is 14.6. The molecule has 1 aromatic heterocycles. The molecule has 1 heterocycles. The van der Waals surface area contributed by atoms with Crippen LogP contribution in [-0.4, -0.2) is 23.2 Å². The van der Waals surface area contributed by atoms with Gasteiger partial charge < -0.3 is 14.5 Å². The molecule has 0 fully saturated rings. The number of hydrogen-bond donors (Lipinski definition) is 1. The third-order valence-corrected chi connectivity index (χ3v) is 3.52. The maximum Gasteiger partial charge on any atom is 0.251 e. The van der Waals surface area contributed by atoms with Crippen LogP contribution in [0.15, 0.2) is 52.9 Å². The van der Waals surface area contributed by atoms with E-state index in [-0.39, 0.29) is 12.5 Å². The summed E-state index contributed by atoms with van der Waals surface area (Å²) in [5.74, 6) is 1.27. The molecule has 3 aromatic rings. The Labute approximate surface area is 139 Å². The van der Waals surface area contributed by atoms with Crippen LogP contribution in [0.25, 0.3) is 11.5 Å². The number of benzene rings is 2. The first-order valence-corrected chi connectivity index (χ1v) is 7.47. The quantitative estimate of drug-likeness (QED) is 0.781. The maximum atomic E-state index is 12.1. The van der Waals surface area contributed by atoms with Crippen molar-refractivity contribution in [3.63, 3.8) is 0 Å². The highest BCUT2D eigenvalue weighted by Gasteiger charge is 2.11. The first-order chi connectivity index (χ1) is 11.7. The van der Waals surface area contributed by atoms with Crippen molar-refractivity contribution in [2.24, 2.45) is 0 Å². The number of hydrogen-bond acceptors (Lipinski definition) is 5. The second-order valence-electron chi connectivity index (χ2n) is 5.28. The van der Waals surface area contributed by atoms with Gasteiger partial charge in [-0.2, -0.15) is 0 Å². The molecule has 24 heavy (non-hydrogen) atoms. The number of aromatic nitrogens is 2. The lowest BCUT2D eigenvalue weighted by molar-refractivity contribution is 0.0947. The van der Waals surface area contributed by atoms with Crippen molar-refractivity contribution in [3.05, 3.63) is 65.5 Å². The minimum atomic E-state index is -0.215. The second kappa shape index (κ2) is 6.95. The van der Waals surface area contributed by atoms with E-state index in [0.717, 1.165) is 11.1 Å². The highest BCUT2D eigenvalue weighted by atomic mass is 16.5. The molecule has 2 aromatic carbocycles. The van der Waals surface area contributed by atoms with Crippen molar-refractivity contribution < 1.29 is 13.9 Å². The number of nitrogens with one attached hydrogen (secondary N) is 1. The summed E-state index contributed by atoms with van der Waals surface area (Å²) in [6.07, 6.45) is 0. The molecule has 0 aliphatic rings. The average Bonchev–Trinajstić information content (AvgIpc) is 3.09. The molecule has 1 N–H and O–H groups in total. The predicted molar refractivity (Wildman–Crippen MR) is 88.6 cm³/mol. The van der Waals surface area contributed by atoms with Gasteiger partial charge >= 0.3 is 0 Å². The van der Waals surface area contributed by atoms with Crippen molar-refractivity contribution in [2.75, 3.05) is 7.11 Å². The van der Waals surface area contributed by atoms with Gasteiger partial charge in [-0.05, 0) is 43.3 Å². The highest BCUT2D eigenvalue weighted by molar-refractivity contribution is 5.94. The lowest BCUT2D eigenvalue weighted by Gasteiger charge is -2.04. The van der Waals surface area contributed by atoms with Crippen LogP contribution in [0.1, 0.15) is 21.8 Å². The van der Waals surface area contributed by atoms with E-state index in [2.05, 4.69) is 15.5 Å². The monoisotopic (exact) mass is 323 g/mol. The molecule has 0 atom stereocenters. The smallest absolute Gasteiger partial charge is 0.251 e. The van der Waals surface area contributed by atoms with Gasteiger partial charge in [0.05, 0.1) is 13.7 Å². The van der Waals surface area contributed by atoms with Crippen LogP contribution in [0.4, 0.5) is 0 Å². The molecule has 0 bridgehead atoms. The number of carbonyl (C=O) groups excluding carboxylic acids is 1. The Morgan fingerprint density at radius 2 is 1.79 bits per heavy atom. The van der Waals surface area contributed by atoms with Crippen molar-refractivity contribution in [2.45, 2.75) is 13.5 Å². The topological polar surface area (TPSA) is 77.2 Å². The van der Waals surface area contributed by atoms with Crippen LogP contribution in [0.2, 0.25) is 0 Å². The molecule has 0 saturated heterocycles. The molecular weight excluding hydrogens is 306 g/mol. The lowest BCUT2D eigenvalue weighted by atomic mass is 10.1. The Kier molecular flexibility index (Phi) is 4.56. The first-order valence-electron chi connectivity index (χ1n) is 7.47. The number of methoxy groups -OCH3 is 1. The number of nitrogens with zero attached hydrogens (tertiary/aromatic N) is 2. The van der Waals surface area contributed by atoms with E-state index in [1.165, 1.54) is 0 Å². The second-order valence-corrected chi connectivity index (χ2v) is 5.28. The molecule has 0 radical (unpaired) electrons. The van der Waals surface area contributed by atoms with Crippen LogP contribution < -0.4 is 10.1 Å². The van der Waals surface area contributed by atoms with Crippen molar-refractivity contribution in [1.82, 2.24) is 15.5 Å². The van der Waals surface area contributed by atoms with E-state index in [1.54, 1.807) is 31.4 Å². The highest BCUT2D eigenvalue weighted by Crippen LogP contribution is 2.18. The molecular formula is C18H17N3O3. The fourth-order valence-electron chi connectivity index (χ4n) is 2.14. The van der Waals surface area contributed by atoms with E-state index < -0.39 is 0 Å². The Bertz CT molecular complexity index is 823. The normalized spacial score (nSPS) is 10.4. The van der Waals surface area contributed by atoms with E-state index in [9.17, 15) is 4.79 Å². The molecule has 122 valence electrons. The van der Waals surface area contributed by atoms with Crippen LogP contribution in [0, 0.1) is 6.92 Å². The van der Waals surface area contributed by atoms with Gasteiger partial charge in [0.2, 0.25) is 11.8 Å². The Hall–Kier alpha value is -3.15. The fraction of sp³-hybridized carbons (Fsp3) is 0.167. The van der Waals surface area contributed by atoms with Gasteiger partial charge in [0.25, 0.3) is 5.91 Å². The molecule has 1 amide bonds. The summed E-state index contributed by atoms with van der Waals surface area (Å²) in [5.41, 5.74) is 2.54. The molecule has 0 saturated carbocycles. The summed E-state index contributed by atoms with van der Waals surface area (Å²) < 4.78 is 10.6. The average molecular weight is 323 g/mol. The summed E-state index contributed by atoms with van der Waals surface area (Å²) in [5, 5.41) is 10.7. The van der Waals surface area contributed by atoms with Gasteiger partial charge in [-0.3, -0.25) is 4.79 Å². The van der Waals surface area contributed by atoms with Gasteiger partial charge in [-0.15, -0.1) is 10.2 Å². The standard InChI is InChI=1S/C18H17N3O3/c1-12-3-5-14(6-4-12)18-21-20-16(24-18)11-19-17(22)13-7-9-15(23-2)10-8-13/h3-10H,11H2,1-2H3,(H,19,22). The molecule has 0 spiro atoms. The van der Waals surface area contributed by atoms with E-state index in [0.29, 0.717) is 23.1 Å². The van der Waals surface area contributed by atoms with Crippen molar-refractivity contribution >= 4 is 5.91 Å². The van der Waals surface area contributed by atoms with E-state index in [1.807, 2.05) is 31.2 Å².